The van der Waals surface area contributed by atoms with Gasteiger partial charge >= 0.3 is 68.0 Å². The van der Waals surface area contributed by atoms with Gasteiger partial charge in [-0.2, -0.15) is 4.98 Å². The molecule has 0 spiro atoms. The van der Waals surface area contributed by atoms with Crippen LogP contribution in [0.3, 0.4) is 0 Å². The van der Waals surface area contributed by atoms with Gasteiger partial charge in [0, 0.05) is 12.2 Å². The van der Waals surface area contributed by atoms with Crippen LogP contribution in [0.5, 0.6) is 6.01 Å². The van der Waals surface area contributed by atoms with Crippen molar-refractivity contribution in [2.24, 2.45) is 0 Å². The molecule has 0 saturated carbocycles. The summed E-state index contributed by atoms with van der Waals surface area (Å²) < 4.78 is 28.4. The number of esters is 1. The molecule has 44 heavy (non-hydrogen) atoms. The van der Waals surface area contributed by atoms with Crippen molar-refractivity contribution in [3.8, 4) is 6.01 Å². The summed E-state index contributed by atoms with van der Waals surface area (Å²) in [4.78, 5) is 33.2. The van der Waals surface area contributed by atoms with E-state index in [1.165, 1.54) is 0 Å². The SMILES string of the molecule is C=C/C=C(\C(=C/C)c1noc(=O)[n-]1)c1ccc(Cn2c(OCC)nc3cccc(C(=O)OCc4oc(=S)oc4C)c32)cc1.[K+]. The second-order valence-corrected chi connectivity index (χ2v) is 9.53. The Bertz CT molecular complexity index is 1980. The molecule has 0 aliphatic carbocycles. The first-order valence-electron chi connectivity index (χ1n) is 13.3. The molecule has 0 fully saturated rings. The first-order chi connectivity index (χ1) is 20.8. The van der Waals surface area contributed by atoms with Crippen LogP contribution in [0.25, 0.3) is 22.2 Å². The molecule has 0 aliphatic rings. The van der Waals surface area contributed by atoms with Crippen LogP contribution in [0.15, 0.2) is 85.4 Å². The second-order valence-electron chi connectivity index (χ2n) is 9.20. The Labute approximate surface area is 299 Å². The minimum Gasteiger partial charge on any atom is -0.465 e. The Morgan fingerprint density at radius 1 is 1.16 bits per heavy atom. The van der Waals surface area contributed by atoms with Crippen LogP contribution < -0.4 is 66.9 Å². The van der Waals surface area contributed by atoms with Crippen LogP contribution >= 0.6 is 12.2 Å². The van der Waals surface area contributed by atoms with Gasteiger partial charge in [0.2, 0.25) is 0 Å². The van der Waals surface area contributed by atoms with Gasteiger partial charge in [-0.1, -0.05) is 55.1 Å². The topological polar surface area (TPSA) is 137 Å². The molecule has 220 valence electrons. The van der Waals surface area contributed by atoms with Crippen molar-refractivity contribution in [2.75, 3.05) is 6.61 Å². The predicted octanol–water partition coefficient (Wildman–Crippen LogP) is 3.05. The number of imidazole rings is 1. The van der Waals surface area contributed by atoms with E-state index in [0.29, 0.717) is 52.9 Å². The zero-order chi connectivity index (χ0) is 30.5. The molecule has 0 unspecified atom stereocenters. The number of carbonyl (C=O) groups is 1. The number of aryl methyl sites for hydroxylation is 1. The van der Waals surface area contributed by atoms with Crippen LogP contribution in [0, 0.1) is 11.8 Å². The summed E-state index contributed by atoms with van der Waals surface area (Å²) in [5.41, 5.74) is 4.63. The maximum atomic E-state index is 13.3. The molecule has 13 heteroatoms. The summed E-state index contributed by atoms with van der Waals surface area (Å²) in [6.45, 7) is 9.79. The van der Waals surface area contributed by atoms with E-state index < -0.39 is 11.7 Å². The van der Waals surface area contributed by atoms with E-state index in [1.807, 2.05) is 54.8 Å². The molecule has 3 heterocycles. The molecule has 5 aromatic rings. The number of allylic oxidation sites excluding steroid dienone is 5. The molecule has 0 aliphatic heterocycles. The van der Waals surface area contributed by atoms with Crippen LogP contribution in [0.2, 0.25) is 0 Å². The monoisotopic (exact) mass is 638 g/mol. The summed E-state index contributed by atoms with van der Waals surface area (Å²) in [6.07, 6.45) is 5.26. The Hall–Kier alpha value is -3.59. The molecule has 3 aromatic heterocycles. The summed E-state index contributed by atoms with van der Waals surface area (Å²) in [6, 6.07) is 13.4. The Morgan fingerprint density at radius 2 is 1.93 bits per heavy atom. The van der Waals surface area contributed by atoms with E-state index in [4.69, 9.17) is 30.5 Å². The molecular formula is C31H27KN4O7S. The third-order valence-electron chi connectivity index (χ3n) is 6.51. The van der Waals surface area contributed by atoms with Crippen molar-refractivity contribution >= 4 is 40.4 Å². The summed E-state index contributed by atoms with van der Waals surface area (Å²) in [5.74, 6) is -0.346. The van der Waals surface area contributed by atoms with Gasteiger partial charge in [0.25, 0.3) is 6.01 Å². The molecule has 11 nitrogen and oxygen atoms in total. The van der Waals surface area contributed by atoms with Gasteiger partial charge in [0.05, 0.1) is 29.7 Å². The number of aromatic nitrogens is 4. The van der Waals surface area contributed by atoms with Crippen molar-refractivity contribution in [2.45, 2.75) is 33.9 Å². The Morgan fingerprint density at radius 3 is 2.55 bits per heavy atom. The summed E-state index contributed by atoms with van der Waals surface area (Å²) in [5, 5.41) is 3.78. The second kappa shape index (κ2) is 14.9. The number of hydrogen-bond acceptors (Lipinski definition) is 10. The van der Waals surface area contributed by atoms with Gasteiger partial charge < -0.3 is 27.8 Å². The Kier molecular flexibility index (Phi) is 11.3. The largest absolute Gasteiger partial charge is 1.00 e. The van der Waals surface area contributed by atoms with Gasteiger partial charge in [-0.05, 0) is 61.0 Å². The van der Waals surface area contributed by atoms with Crippen molar-refractivity contribution in [3.63, 3.8) is 0 Å². The van der Waals surface area contributed by atoms with Gasteiger partial charge in [-0.15, -0.1) is 0 Å². The van der Waals surface area contributed by atoms with E-state index in [-0.39, 0.29) is 68.7 Å². The van der Waals surface area contributed by atoms with Crippen molar-refractivity contribution in [3.05, 3.63) is 117 Å². The molecule has 0 atom stereocenters. The van der Waals surface area contributed by atoms with Crippen LogP contribution in [0.1, 0.15) is 52.7 Å². The van der Waals surface area contributed by atoms with E-state index in [9.17, 15) is 9.59 Å². The summed E-state index contributed by atoms with van der Waals surface area (Å²) in [7, 11) is 0. The summed E-state index contributed by atoms with van der Waals surface area (Å²) >= 11 is 4.91. The third-order valence-corrected chi connectivity index (χ3v) is 6.68. The quantitative estimate of drug-likeness (QED) is 0.0914. The van der Waals surface area contributed by atoms with Crippen LogP contribution in [0.4, 0.5) is 0 Å². The first kappa shape index (κ1) is 33.3. The number of para-hydroxylation sites is 1. The van der Waals surface area contributed by atoms with Crippen LogP contribution in [-0.4, -0.2) is 27.3 Å². The molecule has 0 bridgehead atoms. The van der Waals surface area contributed by atoms with Gasteiger partial charge in [0.15, 0.2) is 12.4 Å². The number of carbonyl (C=O) groups excluding carboxylic acids is 1. The minimum atomic E-state index is -0.763. The average Bonchev–Trinajstić information content (AvgIpc) is 3.68. The van der Waals surface area contributed by atoms with Crippen molar-refractivity contribution < 1.29 is 79.0 Å². The fraction of sp³-hybridized carbons (Fsp3) is 0.194. The third kappa shape index (κ3) is 7.20. The maximum Gasteiger partial charge on any atom is 1.00 e. The molecular weight excluding hydrogens is 612 g/mol. The number of nitrogens with zero attached hydrogens (tertiary/aromatic N) is 4. The normalized spacial score (nSPS) is 11.8. The first-order valence-corrected chi connectivity index (χ1v) is 13.7. The van der Waals surface area contributed by atoms with Gasteiger partial charge in [-0.3, -0.25) is 9.72 Å². The van der Waals surface area contributed by atoms with E-state index >= 15 is 0 Å². The van der Waals surface area contributed by atoms with Gasteiger partial charge in [0.1, 0.15) is 5.76 Å². The zero-order valence-corrected chi connectivity index (χ0v) is 28.6. The standard InChI is InChI=1S/C31H28N4O7S.K/c1-5-9-22(21(6-2)27-33-30(37)42-34-27)20-14-12-19(13-15-20)16-35-26-23(10-8-11-24(26)32-29(35)38-7-3)28(36)39-17-25-18(4)40-31(43)41-25;/h5-6,8-15H,1,7,16-17H2,2-4H3,(H,33,34,37);/q;+1/p-1/b21-6+,22-9-;. The number of benzene rings is 2. The van der Waals surface area contributed by atoms with Crippen LogP contribution in [-0.2, 0) is 17.9 Å². The van der Waals surface area contributed by atoms with E-state index in [1.54, 1.807) is 31.2 Å². The molecule has 0 radical (unpaired) electrons. The molecule has 0 saturated heterocycles. The number of rotatable bonds is 11. The molecule has 0 amide bonds. The smallest absolute Gasteiger partial charge is 0.465 e. The fourth-order valence-electron chi connectivity index (χ4n) is 4.59. The zero-order valence-electron chi connectivity index (χ0n) is 24.7. The van der Waals surface area contributed by atoms with E-state index in [0.717, 1.165) is 16.7 Å². The molecule has 5 rings (SSSR count). The van der Waals surface area contributed by atoms with E-state index in [2.05, 4.69) is 26.2 Å². The fourth-order valence-corrected chi connectivity index (χ4v) is 4.81. The number of ether oxygens (including phenoxy) is 2. The van der Waals surface area contributed by atoms with Crippen molar-refractivity contribution in [1.29, 1.82) is 0 Å². The predicted molar refractivity (Wildman–Crippen MR) is 160 cm³/mol. The minimum absolute atomic E-state index is 0. The number of hydrogen-bond donors (Lipinski definition) is 0. The molecule has 2 aromatic carbocycles. The average molecular weight is 639 g/mol. The van der Waals surface area contributed by atoms with Crippen molar-refractivity contribution in [1.82, 2.24) is 19.7 Å². The Balaban J connectivity index is 0.00000442. The molecule has 0 N–H and O–H groups in total. The number of fused-ring (bicyclic) bond motifs is 1. The van der Waals surface area contributed by atoms with Gasteiger partial charge in [-0.25, -0.2) is 9.59 Å². The maximum absolute atomic E-state index is 13.3.